The van der Waals surface area contributed by atoms with Crippen molar-refractivity contribution in [3.63, 3.8) is 0 Å². The molecule has 0 unspecified atom stereocenters. The Labute approximate surface area is 121 Å². The molecule has 0 bridgehead atoms. The summed E-state index contributed by atoms with van der Waals surface area (Å²) in [5.41, 5.74) is 1.20. The van der Waals surface area contributed by atoms with Crippen molar-refractivity contribution in [3.8, 4) is 0 Å². The van der Waals surface area contributed by atoms with E-state index in [0.29, 0.717) is 26.2 Å². The highest BCUT2D eigenvalue weighted by atomic mass is 32.2. The van der Waals surface area contributed by atoms with E-state index in [-0.39, 0.29) is 5.75 Å². The highest BCUT2D eigenvalue weighted by molar-refractivity contribution is 7.89. The molecule has 2 aliphatic rings. The largest absolute Gasteiger partial charge is 0.380 e. The van der Waals surface area contributed by atoms with Gasteiger partial charge < -0.3 is 10.1 Å². The molecule has 6 nitrogen and oxygen atoms in total. The maximum absolute atomic E-state index is 12.3. The van der Waals surface area contributed by atoms with Crippen LogP contribution in [-0.2, 0) is 14.8 Å². The minimum Gasteiger partial charge on any atom is -0.380 e. The summed E-state index contributed by atoms with van der Waals surface area (Å²) in [4.78, 5) is 2.21. The first-order valence-electron chi connectivity index (χ1n) is 7.19. The van der Waals surface area contributed by atoms with Gasteiger partial charge in [-0.25, -0.2) is 8.42 Å². The second-order valence-corrected chi connectivity index (χ2v) is 7.40. The Morgan fingerprint density at radius 3 is 2.65 bits per heavy atom. The number of nitrogens with one attached hydrogen (secondary N) is 1. The third kappa shape index (κ3) is 4.53. The van der Waals surface area contributed by atoms with Gasteiger partial charge in [-0.05, 0) is 12.0 Å². The zero-order valence-corrected chi connectivity index (χ0v) is 13.0. The van der Waals surface area contributed by atoms with Crippen LogP contribution in [-0.4, -0.2) is 82.9 Å². The minimum atomic E-state index is -3.14. The third-order valence-electron chi connectivity index (χ3n) is 3.86. The first-order chi connectivity index (χ1) is 9.62. The van der Waals surface area contributed by atoms with E-state index >= 15 is 0 Å². The van der Waals surface area contributed by atoms with Crippen LogP contribution in [0.15, 0.2) is 11.6 Å². The van der Waals surface area contributed by atoms with E-state index in [1.165, 1.54) is 5.57 Å². The van der Waals surface area contributed by atoms with Crippen LogP contribution in [0.25, 0.3) is 0 Å². The third-order valence-corrected chi connectivity index (χ3v) is 5.68. The van der Waals surface area contributed by atoms with Gasteiger partial charge in [-0.2, -0.15) is 4.31 Å². The van der Waals surface area contributed by atoms with Crippen molar-refractivity contribution in [2.24, 2.45) is 0 Å². The minimum absolute atomic E-state index is 0.223. The quantitative estimate of drug-likeness (QED) is 0.670. The highest BCUT2D eigenvalue weighted by Crippen LogP contribution is 2.14. The van der Waals surface area contributed by atoms with Crippen LogP contribution >= 0.6 is 0 Å². The number of sulfonamides is 1. The molecule has 2 aliphatic heterocycles. The summed E-state index contributed by atoms with van der Waals surface area (Å²) < 4.78 is 31.3. The number of methoxy groups -OCH3 is 1. The van der Waals surface area contributed by atoms with Gasteiger partial charge in [0.05, 0.1) is 12.4 Å². The van der Waals surface area contributed by atoms with Crippen LogP contribution in [0.4, 0.5) is 0 Å². The van der Waals surface area contributed by atoms with Gasteiger partial charge in [-0.15, -0.1) is 0 Å². The second kappa shape index (κ2) is 7.51. The lowest BCUT2D eigenvalue weighted by Gasteiger charge is -2.29. The Kier molecular flexibility index (Phi) is 5.98. The van der Waals surface area contributed by atoms with Gasteiger partial charge in [0, 0.05) is 52.9 Å². The molecule has 1 fully saturated rings. The van der Waals surface area contributed by atoms with Crippen LogP contribution in [0.2, 0.25) is 0 Å². The number of nitrogens with zero attached hydrogens (tertiary/aromatic N) is 2. The molecule has 0 aromatic rings. The Hall–Kier alpha value is -0.470. The first-order valence-corrected chi connectivity index (χ1v) is 8.80. The molecule has 1 N–H and O–H groups in total. The van der Waals surface area contributed by atoms with E-state index in [1.807, 2.05) is 6.08 Å². The van der Waals surface area contributed by atoms with Crippen LogP contribution < -0.4 is 5.32 Å². The molecule has 2 heterocycles. The van der Waals surface area contributed by atoms with Crippen molar-refractivity contribution >= 4 is 10.0 Å². The summed E-state index contributed by atoms with van der Waals surface area (Å²) in [5, 5.41) is 3.27. The van der Waals surface area contributed by atoms with Gasteiger partial charge in [-0.3, -0.25) is 4.90 Å². The average Bonchev–Trinajstić information content (AvgIpc) is 2.47. The summed E-state index contributed by atoms with van der Waals surface area (Å²) >= 11 is 0. The summed E-state index contributed by atoms with van der Waals surface area (Å²) in [6.45, 7) is 6.09. The van der Waals surface area contributed by atoms with Crippen molar-refractivity contribution in [1.29, 1.82) is 0 Å². The van der Waals surface area contributed by atoms with Gasteiger partial charge in [0.25, 0.3) is 0 Å². The van der Waals surface area contributed by atoms with E-state index in [1.54, 1.807) is 11.4 Å². The number of rotatable bonds is 6. The molecule has 0 aliphatic carbocycles. The fraction of sp³-hybridized carbons (Fsp3) is 0.846. The predicted octanol–water partition coefficient (Wildman–Crippen LogP) is -0.500. The predicted molar refractivity (Wildman–Crippen MR) is 79.2 cm³/mol. The van der Waals surface area contributed by atoms with Gasteiger partial charge in [0.2, 0.25) is 10.0 Å². The highest BCUT2D eigenvalue weighted by Gasteiger charge is 2.24. The zero-order chi connectivity index (χ0) is 14.4. The van der Waals surface area contributed by atoms with Crippen LogP contribution in [0, 0.1) is 0 Å². The van der Waals surface area contributed by atoms with Crippen molar-refractivity contribution in [2.45, 2.75) is 6.42 Å². The van der Waals surface area contributed by atoms with Gasteiger partial charge >= 0.3 is 0 Å². The SMILES string of the molecule is COCC1=CCN(S(=O)(=O)CCN2CCNCC2)CC1. The Morgan fingerprint density at radius 2 is 2.05 bits per heavy atom. The molecule has 2 rings (SSSR count). The van der Waals surface area contributed by atoms with E-state index in [2.05, 4.69) is 10.2 Å². The van der Waals surface area contributed by atoms with E-state index in [4.69, 9.17) is 4.74 Å². The van der Waals surface area contributed by atoms with E-state index in [0.717, 1.165) is 32.6 Å². The summed E-state index contributed by atoms with van der Waals surface area (Å²) in [7, 11) is -1.47. The normalized spacial score (nSPS) is 22.8. The Bertz CT molecular complexity index is 430. The number of hydrogen-bond acceptors (Lipinski definition) is 5. The molecule has 0 amide bonds. The maximum atomic E-state index is 12.3. The van der Waals surface area contributed by atoms with Crippen LogP contribution in [0.3, 0.4) is 0 Å². The van der Waals surface area contributed by atoms with Crippen LogP contribution in [0.1, 0.15) is 6.42 Å². The molecule has 0 radical (unpaired) electrons. The molecule has 20 heavy (non-hydrogen) atoms. The molecule has 1 saturated heterocycles. The monoisotopic (exact) mass is 303 g/mol. The number of ether oxygens (including phenoxy) is 1. The van der Waals surface area contributed by atoms with Crippen molar-refractivity contribution in [3.05, 3.63) is 11.6 Å². The fourth-order valence-electron chi connectivity index (χ4n) is 2.57. The summed E-state index contributed by atoms with van der Waals surface area (Å²) in [6, 6.07) is 0. The smallest absolute Gasteiger partial charge is 0.215 e. The van der Waals surface area contributed by atoms with E-state index in [9.17, 15) is 8.42 Å². The molecule has 0 saturated carbocycles. The first kappa shape index (κ1) is 15.9. The van der Waals surface area contributed by atoms with Crippen molar-refractivity contribution < 1.29 is 13.2 Å². The summed E-state index contributed by atoms with van der Waals surface area (Å²) in [5.74, 6) is 0.223. The second-order valence-electron chi connectivity index (χ2n) is 5.31. The van der Waals surface area contributed by atoms with Gasteiger partial charge in [-0.1, -0.05) is 6.08 Å². The zero-order valence-electron chi connectivity index (χ0n) is 12.2. The lowest BCUT2D eigenvalue weighted by atomic mass is 10.1. The number of hydrogen-bond donors (Lipinski definition) is 1. The Balaban J connectivity index is 1.81. The number of piperazine rings is 1. The molecule has 0 atom stereocenters. The standard InChI is InChI=1S/C13H25N3O3S/c1-19-12-13-2-6-16(7-3-13)20(17,18)11-10-15-8-4-14-5-9-15/h2,14H,3-12H2,1H3. The van der Waals surface area contributed by atoms with Gasteiger partial charge in [0.1, 0.15) is 0 Å². The lowest BCUT2D eigenvalue weighted by Crippen LogP contribution is -2.46. The lowest BCUT2D eigenvalue weighted by molar-refractivity contribution is 0.219. The molecular weight excluding hydrogens is 278 g/mol. The molecular formula is C13H25N3O3S. The molecule has 0 aromatic carbocycles. The average molecular weight is 303 g/mol. The molecule has 116 valence electrons. The molecule has 7 heteroatoms. The molecule has 0 aromatic heterocycles. The van der Waals surface area contributed by atoms with Crippen molar-refractivity contribution in [2.75, 3.05) is 65.3 Å². The van der Waals surface area contributed by atoms with Crippen LogP contribution in [0.5, 0.6) is 0 Å². The van der Waals surface area contributed by atoms with Crippen molar-refractivity contribution in [1.82, 2.24) is 14.5 Å². The van der Waals surface area contributed by atoms with E-state index < -0.39 is 10.0 Å². The molecule has 0 spiro atoms. The van der Waals surface area contributed by atoms with Gasteiger partial charge in [0.15, 0.2) is 0 Å². The summed E-state index contributed by atoms with van der Waals surface area (Å²) in [6.07, 6.45) is 2.76. The maximum Gasteiger partial charge on any atom is 0.215 e. The topological polar surface area (TPSA) is 61.9 Å². The fourth-order valence-corrected chi connectivity index (χ4v) is 3.99. The Morgan fingerprint density at radius 1 is 1.30 bits per heavy atom.